The first-order chi connectivity index (χ1) is 14.5. The molecule has 0 radical (unpaired) electrons. The van der Waals surface area contributed by atoms with Crippen LogP contribution in [0.4, 0.5) is 0 Å². The third-order valence-corrected chi connectivity index (χ3v) is 7.13. The number of hydrogen-bond acceptors (Lipinski definition) is 4. The Morgan fingerprint density at radius 1 is 1.03 bits per heavy atom. The van der Waals surface area contributed by atoms with E-state index in [2.05, 4.69) is 52.9 Å². The van der Waals surface area contributed by atoms with E-state index in [0.29, 0.717) is 6.61 Å². The van der Waals surface area contributed by atoms with Gasteiger partial charge in [0.1, 0.15) is 5.75 Å². The SMILES string of the molecule is CCCc1ccc(OCC2CN(Cc3ccccc3)CCC2NS(=O)(=O)CC)cc1. The van der Waals surface area contributed by atoms with Crippen LogP contribution in [-0.4, -0.2) is 44.8 Å². The van der Waals surface area contributed by atoms with E-state index in [4.69, 9.17) is 4.74 Å². The Bertz CT molecular complexity index is 869. The van der Waals surface area contributed by atoms with Crippen LogP contribution in [0.2, 0.25) is 0 Å². The van der Waals surface area contributed by atoms with Gasteiger partial charge in [-0.2, -0.15) is 0 Å². The molecule has 2 aromatic rings. The van der Waals surface area contributed by atoms with Crippen molar-refractivity contribution in [2.45, 2.75) is 45.7 Å². The molecule has 1 N–H and O–H groups in total. The molecule has 1 aliphatic rings. The highest BCUT2D eigenvalue weighted by Crippen LogP contribution is 2.22. The van der Waals surface area contributed by atoms with E-state index in [0.717, 1.165) is 44.6 Å². The standard InChI is InChI=1S/C24H34N2O3S/c1-3-8-20-11-13-23(14-12-20)29-19-22-18-26(17-21-9-6-5-7-10-21)16-15-24(22)25-30(27,28)4-2/h5-7,9-14,22,24-25H,3-4,8,15-19H2,1-2H3. The molecule has 3 rings (SSSR count). The number of aryl methyl sites for hydroxylation is 1. The van der Waals surface area contributed by atoms with Crippen LogP contribution in [0.15, 0.2) is 54.6 Å². The summed E-state index contributed by atoms with van der Waals surface area (Å²) in [6, 6.07) is 18.6. The molecule has 0 amide bonds. The second kappa shape index (κ2) is 10.9. The molecular weight excluding hydrogens is 396 g/mol. The number of likely N-dealkylation sites (tertiary alicyclic amines) is 1. The molecule has 0 aliphatic carbocycles. The number of ether oxygens (including phenoxy) is 1. The van der Waals surface area contributed by atoms with E-state index in [1.165, 1.54) is 11.1 Å². The fourth-order valence-electron chi connectivity index (χ4n) is 3.98. The monoisotopic (exact) mass is 430 g/mol. The molecule has 6 heteroatoms. The zero-order valence-electron chi connectivity index (χ0n) is 18.1. The van der Waals surface area contributed by atoms with Crippen molar-refractivity contribution < 1.29 is 13.2 Å². The summed E-state index contributed by atoms with van der Waals surface area (Å²) in [4.78, 5) is 2.39. The van der Waals surface area contributed by atoms with Crippen LogP contribution in [-0.2, 0) is 23.0 Å². The fraction of sp³-hybridized carbons (Fsp3) is 0.500. The highest BCUT2D eigenvalue weighted by molar-refractivity contribution is 7.89. The molecule has 5 nitrogen and oxygen atoms in total. The molecule has 2 atom stereocenters. The number of nitrogens with zero attached hydrogens (tertiary/aromatic N) is 1. The molecule has 0 bridgehead atoms. The second-order valence-electron chi connectivity index (χ2n) is 8.10. The molecule has 30 heavy (non-hydrogen) atoms. The summed E-state index contributed by atoms with van der Waals surface area (Å²) in [6.07, 6.45) is 2.98. The van der Waals surface area contributed by atoms with Crippen molar-refractivity contribution in [2.24, 2.45) is 5.92 Å². The predicted molar refractivity (Wildman–Crippen MR) is 122 cm³/mol. The summed E-state index contributed by atoms with van der Waals surface area (Å²) in [6.45, 7) is 6.89. The molecule has 164 valence electrons. The van der Waals surface area contributed by atoms with Gasteiger partial charge >= 0.3 is 0 Å². The predicted octanol–water partition coefficient (Wildman–Crippen LogP) is 3.85. The molecule has 0 saturated carbocycles. The van der Waals surface area contributed by atoms with Gasteiger partial charge in [-0.3, -0.25) is 4.90 Å². The summed E-state index contributed by atoms with van der Waals surface area (Å²) >= 11 is 0. The third-order valence-electron chi connectivity index (χ3n) is 5.70. The summed E-state index contributed by atoms with van der Waals surface area (Å²) < 4.78 is 33.4. The molecule has 0 aromatic heterocycles. The average Bonchev–Trinajstić information content (AvgIpc) is 2.75. The van der Waals surface area contributed by atoms with Crippen molar-refractivity contribution in [1.82, 2.24) is 9.62 Å². The maximum absolute atomic E-state index is 12.2. The van der Waals surface area contributed by atoms with E-state index >= 15 is 0 Å². The van der Waals surface area contributed by atoms with E-state index in [9.17, 15) is 8.42 Å². The molecule has 1 saturated heterocycles. The number of hydrogen-bond donors (Lipinski definition) is 1. The van der Waals surface area contributed by atoms with Gasteiger partial charge in [-0.1, -0.05) is 55.8 Å². The minimum absolute atomic E-state index is 0.0960. The number of nitrogens with one attached hydrogen (secondary N) is 1. The van der Waals surface area contributed by atoms with Gasteiger partial charge in [0, 0.05) is 31.6 Å². The summed E-state index contributed by atoms with van der Waals surface area (Å²) in [5.41, 5.74) is 2.58. The largest absolute Gasteiger partial charge is 0.493 e. The number of piperidine rings is 1. The van der Waals surface area contributed by atoms with Crippen LogP contribution in [0.3, 0.4) is 0 Å². The molecule has 1 heterocycles. The lowest BCUT2D eigenvalue weighted by Gasteiger charge is -2.38. The van der Waals surface area contributed by atoms with Crippen LogP contribution in [0.1, 0.15) is 37.8 Å². The van der Waals surface area contributed by atoms with Crippen molar-refractivity contribution in [3.8, 4) is 5.75 Å². The van der Waals surface area contributed by atoms with Gasteiger partial charge in [0.15, 0.2) is 0 Å². The van der Waals surface area contributed by atoms with Gasteiger partial charge < -0.3 is 4.74 Å². The van der Waals surface area contributed by atoms with Crippen LogP contribution in [0.5, 0.6) is 5.75 Å². The molecule has 1 fully saturated rings. The Morgan fingerprint density at radius 3 is 2.43 bits per heavy atom. The van der Waals surface area contributed by atoms with Gasteiger partial charge in [0.05, 0.1) is 12.4 Å². The van der Waals surface area contributed by atoms with Crippen LogP contribution in [0, 0.1) is 5.92 Å². The van der Waals surface area contributed by atoms with Crippen molar-refractivity contribution in [3.05, 3.63) is 65.7 Å². The lowest BCUT2D eigenvalue weighted by Crippen LogP contribution is -2.52. The molecule has 0 spiro atoms. The van der Waals surface area contributed by atoms with Crippen LogP contribution in [0.25, 0.3) is 0 Å². The highest BCUT2D eigenvalue weighted by atomic mass is 32.2. The Kier molecular flexibility index (Phi) is 8.31. The summed E-state index contributed by atoms with van der Waals surface area (Å²) in [5, 5.41) is 0. The fourth-order valence-corrected chi connectivity index (χ4v) is 4.91. The maximum Gasteiger partial charge on any atom is 0.211 e. The van der Waals surface area contributed by atoms with E-state index in [1.54, 1.807) is 6.92 Å². The lowest BCUT2D eigenvalue weighted by molar-refractivity contribution is 0.102. The van der Waals surface area contributed by atoms with Gasteiger partial charge in [0.2, 0.25) is 10.0 Å². The van der Waals surface area contributed by atoms with Crippen molar-refractivity contribution in [2.75, 3.05) is 25.4 Å². The smallest absolute Gasteiger partial charge is 0.211 e. The topological polar surface area (TPSA) is 58.6 Å². The van der Waals surface area contributed by atoms with Gasteiger partial charge in [-0.15, -0.1) is 0 Å². The maximum atomic E-state index is 12.2. The molecule has 2 aromatic carbocycles. The summed E-state index contributed by atoms with van der Waals surface area (Å²) in [5.74, 6) is 1.04. The normalized spacial score (nSPS) is 20.2. The van der Waals surface area contributed by atoms with Gasteiger partial charge in [-0.25, -0.2) is 13.1 Å². The average molecular weight is 431 g/mol. The van der Waals surface area contributed by atoms with E-state index < -0.39 is 10.0 Å². The number of sulfonamides is 1. The Morgan fingerprint density at radius 2 is 1.77 bits per heavy atom. The first-order valence-electron chi connectivity index (χ1n) is 11.0. The molecular formula is C24H34N2O3S. The third kappa shape index (κ3) is 6.83. The van der Waals surface area contributed by atoms with E-state index in [-0.39, 0.29) is 17.7 Å². The van der Waals surface area contributed by atoms with Crippen molar-refractivity contribution in [3.63, 3.8) is 0 Å². The minimum Gasteiger partial charge on any atom is -0.493 e. The Labute approximate surface area is 181 Å². The Hall–Kier alpha value is -1.89. The van der Waals surface area contributed by atoms with Gasteiger partial charge in [0.25, 0.3) is 0 Å². The van der Waals surface area contributed by atoms with Crippen LogP contribution < -0.4 is 9.46 Å². The number of rotatable bonds is 10. The van der Waals surface area contributed by atoms with Crippen molar-refractivity contribution >= 4 is 10.0 Å². The Balaban J connectivity index is 1.65. The highest BCUT2D eigenvalue weighted by Gasteiger charge is 2.32. The first-order valence-corrected chi connectivity index (χ1v) is 12.6. The summed E-state index contributed by atoms with van der Waals surface area (Å²) in [7, 11) is -3.25. The number of benzene rings is 2. The van der Waals surface area contributed by atoms with Crippen molar-refractivity contribution in [1.29, 1.82) is 0 Å². The lowest BCUT2D eigenvalue weighted by atomic mass is 9.93. The quantitative estimate of drug-likeness (QED) is 0.622. The van der Waals surface area contributed by atoms with Crippen LogP contribution >= 0.6 is 0 Å². The van der Waals surface area contributed by atoms with Gasteiger partial charge in [-0.05, 0) is 43.0 Å². The first kappa shape index (κ1) is 22.8. The zero-order valence-corrected chi connectivity index (χ0v) is 18.9. The van der Waals surface area contributed by atoms with E-state index in [1.807, 2.05) is 18.2 Å². The zero-order chi connectivity index (χ0) is 21.4. The molecule has 2 unspecified atom stereocenters. The molecule has 1 aliphatic heterocycles. The second-order valence-corrected chi connectivity index (χ2v) is 10.1. The minimum atomic E-state index is -3.25.